The van der Waals surface area contributed by atoms with Gasteiger partial charge in [0.2, 0.25) is 5.91 Å². The Morgan fingerprint density at radius 1 is 1.16 bits per heavy atom. The molecule has 1 N–H and O–H groups in total. The van der Waals surface area contributed by atoms with E-state index in [1.807, 2.05) is 42.2 Å². The van der Waals surface area contributed by atoms with E-state index < -0.39 is 17.4 Å². The van der Waals surface area contributed by atoms with Crippen molar-refractivity contribution in [3.05, 3.63) is 83.2 Å². The zero-order valence-corrected chi connectivity index (χ0v) is 26.0. The van der Waals surface area contributed by atoms with Crippen LogP contribution in [0.1, 0.15) is 67.9 Å². The highest BCUT2D eigenvalue weighted by atomic mass is 19.1. The van der Waals surface area contributed by atoms with Gasteiger partial charge in [-0.1, -0.05) is 43.7 Å². The molecule has 5 rings (SSSR count). The first-order chi connectivity index (χ1) is 21.8. The number of hydrogen-bond acceptors (Lipinski definition) is 7. The second-order valence-corrected chi connectivity index (χ2v) is 11.5. The Balaban J connectivity index is 1.33. The molecule has 1 unspecified atom stereocenters. The number of aldehydes is 1. The lowest BCUT2D eigenvalue weighted by molar-refractivity contribution is -0.128. The van der Waals surface area contributed by atoms with Gasteiger partial charge in [0.1, 0.15) is 35.6 Å². The number of piperidine rings is 1. The second kappa shape index (κ2) is 14.1. The minimum Gasteiger partial charge on any atom is -0.489 e. The van der Waals surface area contributed by atoms with Gasteiger partial charge in [0.15, 0.2) is 6.29 Å². The second-order valence-electron chi connectivity index (χ2n) is 11.5. The number of benzene rings is 3. The van der Waals surface area contributed by atoms with Gasteiger partial charge in [0.05, 0.1) is 23.5 Å². The quantitative estimate of drug-likeness (QED) is 0.179. The zero-order valence-electron chi connectivity index (χ0n) is 26.0. The molecule has 2 aliphatic heterocycles. The van der Waals surface area contributed by atoms with Crippen molar-refractivity contribution >= 4 is 29.7 Å². The van der Waals surface area contributed by atoms with Gasteiger partial charge in [0.25, 0.3) is 0 Å². The van der Waals surface area contributed by atoms with Gasteiger partial charge < -0.3 is 19.5 Å². The lowest BCUT2D eigenvalue weighted by Gasteiger charge is -2.42. The van der Waals surface area contributed by atoms with Crippen molar-refractivity contribution in [1.29, 1.82) is 0 Å². The number of rotatable bonds is 12. The molecule has 9 nitrogen and oxygen atoms in total. The molecule has 238 valence electrons. The molecule has 1 fully saturated rings. The minimum absolute atomic E-state index is 0.242. The topological polar surface area (TPSA) is 97.4 Å². The molecule has 0 spiro atoms. The number of likely N-dealkylation sites (tertiary alicyclic amines) is 1. The van der Waals surface area contributed by atoms with Gasteiger partial charge in [-0.05, 0) is 75.5 Å². The SMILES string of the molecule is CCCCOC(=O)N(CC)c1cc(F)cc2c1NC(=O)C2(C)N1CCC[C@@H](Oc2ccc(OCc3ccccc3)c(C=O)c2)C1. The molecule has 0 radical (unpaired) electrons. The average molecular weight is 618 g/mol. The number of carbonyl (C=O) groups excluding carboxylic acids is 3. The minimum atomic E-state index is -1.19. The third-order valence-electron chi connectivity index (χ3n) is 8.50. The van der Waals surface area contributed by atoms with Crippen LogP contribution in [0.15, 0.2) is 60.7 Å². The Morgan fingerprint density at radius 3 is 2.69 bits per heavy atom. The Morgan fingerprint density at radius 2 is 1.96 bits per heavy atom. The van der Waals surface area contributed by atoms with Crippen molar-refractivity contribution in [2.75, 3.05) is 36.5 Å². The van der Waals surface area contributed by atoms with Gasteiger partial charge in [-0.25, -0.2) is 9.18 Å². The van der Waals surface area contributed by atoms with Crippen LogP contribution >= 0.6 is 0 Å². The summed E-state index contributed by atoms with van der Waals surface area (Å²) in [4.78, 5) is 41.8. The Labute approximate surface area is 263 Å². The molecule has 2 amide bonds. The van der Waals surface area contributed by atoms with Gasteiger partial charge in [-0.15, -0.1) is 0 Å². The number of ether oxygens (including phenoxy) is 3. The van der Waals surface area contributed by atoms with E-state index >= 15 is 4.39 Å². The predicted molar refractivity (Wildman–Crippen MR) is 169 cm³/mol. The number of carbonyl (C=O) groups is 3. The van der Waals surface area contributed by atoms with Gasteiger partial charge in [-0.3, -0.25) is 19.4 Å². The molecule has 2 aliphatic rings. The average Bonchev–Trinajstić information content (AvgIpc) is 3.31. The maximum absolute atomic E-state index is 15.1. The predicted octanol–water partition coefficient (Wildman–Crippen LogP) is 6.69. The van der Waals surface area contributed by atoms with Crippen molar-refractivity contribution < 1.29 is 33.0 Å². The summed E-state index contributed by atoms with van der Waals surface area (Å²) in [6.45, 7) is 7.38. The number of hydrogen-bond donors (Lipinski definition) is 1. The van der Waals surface area contributed by atoms with Crippen molar-refractivity contribution in [2.45, 2.75) is 64.7 Å². The van der Waals surface area contributed by atoms with Crippen LogP contribution in [0.25, 0.3) is 0 Å². The van der Waals surface area contributed by atoms with E-state index in [9.17, 15) is 14.4 Å². The molecule has 0 bridgehead atoms. The summed E-state index contributed by atoms with van der Waals surface area (Å²) < 4.78 is 32.8. The molecule has 0 saturated carbocycles. The van der Waals surface area contributed by atoms with Gasteiger partial charge in [-0.2, -0.15) is 0 Å². The molecular weight excluding hydrogens is 577 g/mol. The first-order valence-electron chi connectivity index (χ1n) is 15.6. The van der Waals surface area contributed by atoms with Gasteiger partial charge >= 0.3 is 6.09 Å². The van der Waals surface area contributed by atoms with E-state index in [0.717, 1.165) is 37.5 Å². The Kier molecular flexibility index (Phi) is 10.0. The van der Waals surface area contributed by atoms with E-state index in [1.165, 1.54) is 17.0 Å². The van der Waals surface area contributed by atoms with Crippen LogP contribution in [0.3, 0.4) is 0 Å². The summed E-state index contributed by atoms with van der Waals surface area (Å²) in [6.07, 6.45) is 2.96. The fraction of sp³-hybridized carbons (Fsp3) is 0.400. The van der Waals surface area contributed by atoms with Crippen LogP contribution < -0.4 is 19.7 Å². The number of halogens is 1. The highest BCUT2D eigenvalue weighted by Crippen LogP contribution is 2.46. The maximum Gasteiger partial charge on any atom is 0.414 e. The number of nitrogens with one attached hydrogen (secondary N) is 1. The largest absolute Gasteiger partial charge is 0.489 e. The van der Waals surface area contributed by atoms with Crippen LogP contribution in [0.2, 0.25) is 0 Å². The normalized spacial score (nSPS) is 19.4. The van der Waals surface area contributed by atoms with Crippen molar-refractivity contribution in [1.82, 2.24) is 4.90 Å². The summed E-state index contributed by atoms with van der Waals surface area (Å²) >= 11 is 0. The first-order valence-corrected chi connectivity index (χ1v) is 15.6. The summed E-state index contributed by atoms with van der Waals surface area (Å²) in [6, 6.07) is 17.5. The van der Waals surface area contributed by atoms with E-state index in [-0.39, 0.29) is 30.9 Å². The summed E-state index contributed by atoms with van der Waals surface area (Å²) in [7, 11) is 0. The molecule has 10 heteroatoms. The van der Waals surface area contributed by atoms with E-state index in [2.05, 4.69) is 5.32 Å². The fourth-order valence-electron chi connectivity index (χ4n) is 5.96. The van der Waals surface area contributed by atoms with E-state index in [4.69, 9.17) is 14.2 Å². The fourth-order valence-corrected chi connectivity index (χ4v) is 5.96. The van der Waals surface area contributed by atoms with E-state index in [0.29, 0.717) is 48.0 Å². The van der Waals surface area contributed by atoms with Crippen LogP contribution in [0, 0.1) is 5.82 Å². The summed E-state index contributed by atoms with van der Waals surface area (Å²) in [5.74, 6) is 0.132. The molecule has 0 aliphatic carbocycles. The Hall–Kier alpha value is -4.44. The third-order valence-corrected chi connectivity index (χ3v) is 8.50. The molecule has 0 aromatic heterocycles. The number of unbranched alkanes of at least 4 members (excludes halogenated alkanes) is 1. The monoisotopic (exact) mass is 617 g/mol. The third kappa shape index (κ3) is 6.81. The zero-order chi connectivity index (χ0) is 32.0. The van der Waals surface area contributed by atoms with Crippen LogP contribution in [0.5, 0.6) is 11.5 Å². The van der Waals surface area contributed by atoms with Crippen LogP contribution in [-0.2, 0) is 21.7 Å². The first kappa shape index (κ1) is 32.0. The van der Waals surface area contributed by atoms with Crippen LogP contribution in [0.4, 0.5) is 20.6 Å². The molecule has 3 aromatic rings. The number of anilines is 2. The molecule has 45 heavy (non-hydrogen) atoms. The molecule has 2 atom stereocenters. The number of nitrogens with zero attached hydrogens (tertiary/aromatic N) is 2. The van der Waals surface area contributed by atoms with Crippen molar-refractivity contribution in [3.63, 3.8) is 0 Å². The maximum atomic E-state index is 15.1. The van der Waals surface area contributed by atoms with E-state index in [1.54, 1.807) is 32.0 Å². The van der Waals surface area contributed by atoms with Gasteiger partial charge in [0, 0.05) is 18.7 Å². The molecular formula is C35H40FN3O6. The molecule has 3 aromatic carbocycles. The summed E-state index contributed by atoms with van der Waals surface area (Å²) in [5, 5.41) is 2.94. The summed E-state index contributed by atoms with van der Waals surface area (Å²) in [5.41, 5.74) is 1.32. The smallest absolute Gasteiger partial charge is 0.414 e. The number of fused-ring (bicyclic) bond motifs is 1. The highest BCUT2D eigenvalue weighted by molar-refractivity contribution is 6.10. The van der Waals surface area contributed by atoms with Crippen molar-refractivity contribution in [3.8, 4) is 11.5 Å². The Bertz CT molecular complexity index is 1530. The number of amides is 2. The lowest BCUT2D eigenvalue weighted by Crippen LogP contribution is -2.54. The standard InChI is InChI=1S/C35H40FN3O6/c1-4-6-17-43-34(42)39(5-2)30-20-26(36)19-29-32(30)37-33(41)35(29,3)38-16-10-13-28(21-38)45-27-14-15-31(25(18-27)22-40)44-23-24-11-8-7-9-12-24/h7-9,11-12,14-15,18-20,22,28H,4-6,10,13,16-17,21,23H2,1-3H3,(H,37,41)/t28-,35?/m1/s1. The van der Waals surface area contributed by atoms with Crippen molar-refractivity contribution in [2.24, 2.45) is 0 Å². The lowest BCUT2D eigenvalue weighted by atomic mass is 9.88. The highest BCUT2D eigenvalue weighted by Gasteiger charge is 2.50. The van der Waals surface area contributed by atoms with Crippen LogP contribution in [-0.4, -0.2) is 55.5 Å². The molecule has 2 heterocycles. The molecule has 1 saturated heterocycles.